The highest BCUT2D eigenvalue weighted by atomic mass is 35.5. The van der Waals surface area contributed by atoms with Crippen molar-refractivity contribution in [3.8, 4) is 0 Å². The van der Waals surface area contributed by atoms with E-state index >= 15 is 0 Å². The minimum absolute atomic E-state index is 0.127. The number of rotatable bonds is 4. The fraction of sp³-hybridized carbons (Fsp3) is 0.300. The Balaban J connectivity index is 2.56. The molecular weight excluding hydrogens is 267 g/mol. The van der Waals surface area contributed by atoms with E-state index < -0.39 is 0 Å². The van der Waals surface area contributed by atoms with Crippen LogP contribution in [0.25, 0.3) is 0 Å². The first-order valence-corrected chi connectivity index (χ1v) is 5.91. The van der Waals surface area contributed by atoms with E-state index in [2.05, 4.69) is 10.6 Å². The minimum Gasteiger partial charge on any atom is -0.396 e. The van der Waals surface area contributed by atoms with Crippen LogP contribution in [0.15, 0.2) is 18.2 Å². The van der Waals surface area contributed by atoms with E-state index in [4.69, 9.17) is 40.5 Å². The van der Waals surface area contributed by atoms with Gasteiger partial charge >= 0.3 is 0 Å². The molecule has 0 aliphatic heterocycles. The van der Waals surface area contributed by atoms with Gasteiger partial charge < -0.3 is 15.7 Å². The number of thiocarbonyl (C=S) groups is 1. The first-order valence-electron chi connectivity index (χ1n) is 4.75. The van der Waals surface area contributed by atoms with Gasteiger partial charge in [-0.05, 0) is 30.8 Å². The smallest absolute Gasteiger partial charge is 0.170 e. The first kappa shape index (κ1) is 13.5. The summed E-state index contributed by atoms with van der Waals surface area (Å²) in [5.41, 5.74) is 0.590. The van der Waals surface area contributed by atoms with Crippen LogP contribution in [-0.2, 0) is 0 Å². The van der Waals surface area contributed by atoms with Gasteiger partial charge in [0.05, 0.1) is 15.7 Å². The molecule has 0 saturated heterocycles. The molecule has 0 aromatic heterocycles. The summed E-state index contributed by atoms with van der Waals surface area (Å²) in [5, 5.41) is 15.9. The van der Waals surface area contributed by atoms with E-state index in [0.29, 0.717) is 33.8 Å². The quantitative estimate of drug-likeness (QED) is 0.585. The Morgan fingerprint density at radius 1 is 1.31 bits per heavy atom. The van der Waals surface area contributed by atoms with Crippen LogP contribution in [0.4, 0.5) is 5.69 Å². The van der Waals surface area contributed by atoms with Crippen LogP contribution in [0.2, 0.25) is 10.0 Å². The van der Waals surface area contributed by atoms with Crippen LogP contribution in [-0.4, -0.2) is 23.4 Å². The SMILES string of the molecule is OCCCNC(=S)Nc1c(Cl)cccc1Cl. The lowest BCUT2D eigenvalue weighted by Gasteiger charge is -2.12. The van der Waals surface area contributed by atoms with Gasteiger partial charge in [0, 0.05) is 13.2 Å². The van der Waals surface area contributed by atoms with Crippen molar-refractivity contribution in [2.75, 3.05) is 18.5 Å². The molecule has 1 aromatic rings. The van der Waals surface area contributed by atoms with Crippen molar-refractivity contribution in [3.63, 3.8) is 0 Å². The van der Waals surface area contributed by atoms with Crippen molar-refractivity contribution in [2.45, 2.75) is 6.42 Å². The van der Waals surface area contributed by atoms with E-state index in [0.717, 1.165) is 0 Å². The molecule has 16 heavy (non-hydrogen) atoms. The Bertz CT molecular complexity index is 354. The number of anilines is 1. The lowest BCUT2D eigenvalue weighted by atomic mass is 10.3. The topological polar surface area (TPSA) is 44.3 Å². The Kier molecular flexibility index (Phi) is 5.84. The number of hydrogen-bond acceptors (Lipinski definition) is 2. The zero-order chi connectivity index (χ0) is 12.0. The number of aliphatic hydroxyl groups excluding tert-OH is 1. The van der Waals surface area contributed by atoms with Crippen LogP contribution < -0.4 is 10.6 Å². The molecule has 0 bridgehead atoms. The molecule has 1 rings (SSSR count). The molecule has 3 nitrogen and oxygen atoms in total. The lowest BCUT2D eigenvalue weighted by molar-refractivity contribution is 0.289. The lowest BCUT2D eigenvalue weighted by Crippen LogP contribution is -2.29. The highest BCUT2D eigenvalue weighted by molar-refractivity contribution is 7.80. The average molecular weight is 279 g/mol. The molecule has 0 amide bonds. The van der Waals surface area contributed by atoms with Gasteiger partial charge in [0.2, 0.25) is 0 Å². The molecule has 88 valence electrons. The van der Waals surface area contributed by atoms with Crippen molar-refractivity contribution in [1.82, 2.24) is 5.32 Å². The summed E-state index contributed by atoms with van der Waals surface area (Å²) in [6.07, 6.45) is 0.637. The molecule has 0 heterocycles. The summed E-state index contributed by atoms with van der Waals surface area (Å²) >= 11 is 17.0. The Morgan fingerprint density at radius 3 is 2.50 bits per heavy atom. The molecule has 1 aromatic carbocycles. The second-order valence-corrected chi connectivity index (χ2v) is 4.28. The van der Waals surface area contributed by atoms with Gasteiger partial charge in [0.15, 0.2) is 5.11 Å². The second-order valence-electron chi connectivity index (χ2n) is 3.05. The van der Waals surface area contributed by atoms with E-state index in [1.807, 2.05) is 0 Å². The molecular formula is C10H12Cl2N2OS. The zero-order valence-electron chi connectivity index (χ0n) is 8.46. The number of halogens is 2. The van der Waals surface area contributed by atoms with E-state index in [-0.39, 0.29) is 6.61 Å². The summed E-state index contributed by atoms with van der Waals surface area (Å²) in [6.45, 7) is 0.729. The van der Waals surface area contributed by atoms with Gasteiger partial charge in [0.1, 0.15) is 0 Å². The molecule has 0 aliphatic rings. The number of nitrogens with one attached hydrogen (secondary N) is 2. The monoisotopic (exact) mass is 278 g/mol. The molecule has 0 fully saturated rings. The standard InChI is InChI=1S/C10H12Cl2N2OS/c11-7-3-1-4-8(12)9(7)14-10(16)13-5-2-6-15/h1,3-4,15H,2,5-6H2,(H2,13,14,16). The average Bonchev–Trinajstić information content (AvgIpc) is 2.24. The normalized spacial score (nSPS) is 9.94. The first-order chi connectivity index (χ1) is 7.65. The van der Waals surface area contributed by atoms with Crippen LogP contribution in [0, 0.1) is 0 Å². The van der Waals surface area contributed by atoms with Crippen molar-refractivity contribution in [1.29, 1.82) is 0 Å². The fourth-order valence-electron chi connectivity index (χ4n) is 1.06. The summed E-state index contributed by atoms with van der Waals surface area (Å²) < 4.78 is 0. The second kappa shape index (κ2) is 6.91. The highest BCUT2D eigenvalue weighted by Gasteiger charge is 2.06. The summed E-state index contributed by atoms with van der Waals surface area (Å²) in [5.74, 6) is 0. The molecule has 0 saturated carbocycles. The fourth-order valence-corrected chi connectivity index (χ4v) is 1.75. The van der Waals surface area contributed by atoms with Gasteiger partial charge in [-0.2, -0.15) is 0 Å². The van der Waals surface area contributed by atoms with Crippen LogP contribution >= 0.6 is 35.4 Å². The van der Waals surface area contributed by atoms with Crippen molar-refractivity contribution in [3.05, 3.63) is 28.2 Å². The molecule has 0 spiro atoms. The summed E-state index contributed by atoms with van der Waals surface area (Å²) in [7, 11) is 0. The van der Waals surface area contributed by atoms with Gasteiger partial charge in [-0.1, -0.05) is 29.3 Å². The van der Waals surface area contributed by atoms with Gasteiger partial charge in [-0.25, -0.2) is 0 Å². The number of aliphatic hydroxyl groups is 1. The summed E-state index contributed by atoms with van der Waals surface area (Å²) in [6, 6.07) is 5.22. The molecule has 0 radical (unpaired) electrons. The number of para-hydroxylation sites is 1. The van der Waals surface area contributed by atoms with Gasteiger partial charge in [-0.3, -0.25) is 0 Å². The third kappa shape index (κ3) is 4.14. The predicted molar refractivity (Wildman–Crippen MR) is 72.4 cm³/mol. The molecule has 0 aliphatic carbocycles. The third-order valence-corrected chi connectivity index (χ3v) is 2.70. The highest BCUT2D eigenvalue weighted by Crippen LogP contribution is 2.29. The number of benzene rings is 1. The van der Waals surface area contributed by atoms with Crippen LogP contribution in [0.3, 0.4) is 0 Å². The van der Waals surface area contributed by atoms with E-state index in [9.17, 15) is 0 Å². The minimum atomic E-state index is 0.127. The number of hydrogen-bond donors (Lipinski definition) is 3. The van der Waals surface area contributed by atoms with Crippen molar-refractivity contribution < 1.29 is 5.11 Å². The molecule has 3 N–H and O–H groups in total. The van der Waals surface area contributed by atoms with Crippen molar-refractivity contribution in [2.24, 2.45) is 0 Å². The van der Waals surface area contributed by atoms with E-state index in [1.54, 1.807) is 18.2 Å². The van der Waals surface area contributed by atoms with E-state index in [1.165, 1.54) is 0 Å². The van der Waals surface area contributed by atoms with Crippen LogP contribution in [0.1, 0.15) is 6.42 Å². The van der Waals surface area contributed by atoms with Gasteiger partial charge in [-0.15, -0.1) is 0 Å². The Hall–Kier alpha value is -0.550. The third-order valence-electron chi connectivity index (χ3n) is 1.82. The van der Waals surface area contributed by atoms with Gasteiger partial charge in [0.25, 0.3) is 0 Å². The Morgan fingerprint density at radius 2 is 1.94 bits per heavy atom. The maximum Gasteiger partial charge on any atom is 0.170 e. The molecule has 6 heteroatoms. The summed E-state index contributed by atoms with van der Waals surface area (Å²) in [4.78, 5) is 0. The maximum absolute atomic E-state index is 8.61. The largest absolute Gasteiger partial charge is 0.396 e. The Labute approximate surface area is 110 Å². The van der Waals surface area contributed by atoms with Crippen molar-refractivity contribution >= 4 is 46.2 Å². The predicted octanol–water partition coefficient (Wildman–Crippen LogP) is 2.66. The van der Waals surface area contributed by atoms with Crippen LogP contribution in [0.5, 0.6) is 0 Å². The zero-order valence-corrected chi connectivity index (χ0v) is 10.8. The molecule has 0 atom stereocenters. The molecule has 0 unspecified atom stereocenters. The maximum atomic E-state index is 8.61.